The molecular weight excluding hydrogens is 258 g/mol. The number of hydrogen-bond acceptors (Lipinski definition) is 5. The van der Waals surface area contributed by atoms with Gasteiger partial charge in [0, 0.05) is 22.9 Å². The summed E-state index contributed by atoms with van der Waals surface area (Å²) in [4.78, 5) is 12.5. The van der Waals surface area contributed by atoms with Gasteiger partial charge in [-0.05, 0) is 28.1 Å². The van der Waals surface area contributed by atoms with Crippen molar-refractivity contribution in [2.75, 3.05) is 5.43 Å². The molecule has 15 heavy (non-hydrogen) atoms. The number of pyridine rings is 1. The third-order valence-electron chi connectivity index (χ3n) is 1.77. The van der Waals surface area contributed by atoms with Crippen LogP contribution >= 0.6 is 15.9 Å². The van der Waals surface area contributed by atoms with Gasteiger partial charge in [-0.1, -0.05) is 0 Å². The van der Waals surface area contributed by atoms with Gasteiger partial charge in [0.1, 0.15) is 11.5 Å². The molecule has 0 aliphatic heterocycles. The van der Waals surface area contributed by atoms with Gasteiger partial charge in [-0.25, -0.2) is 15.8 Å². The minimum Gasteiger partial charge on any atom is -0.308 e. The fourth-order valence-electron chi connectivity index (χ4n) is 1.10. The molecule has 2 aromatic rings. The van der Waals surface area contributed by atoms with Gasteiger partial charge in [0.25, 0.3) is 0 Å². The number of aromatic nitrogens is 3. The van der Waals surface area contributed by atoms with E-state index in [9.17, 15) is 0 Å². The SMILES string of the molecule is NNc1ccnc(-c2ncccc2Br)n1. The van der Waals surface area contributed by atoms with Gasteiger partial charge < -0.3 is 5.43 Å². The van der Waals surface area contributed by atoms with Crippen LogP contribution in [0.15, 0.2) is 35.1 Å². The molecule has 0 aliphatic carbocycles. The van der Waals surface area contributed by atoms with E-state index in [-0.39, 0.29) is 0 Å². The number of hydrogen-bond donors (Lipinski definition) is 2. The van der Waals surface area contributed by atoms with Crippen LogP contribution in [0.2, 0.25) is 0 Å². The fourth-order valence-corrected chi connectivity index (χ4v) is 1.54. The first kappa shape index (κ1) is 10.0. The highest BCUT2D eigenvalue weighted by molar-refractivity contribution is 9.10. The van der Waals surface area contributed by atoms with Crippen LogP contribution in [0, 0.1) is 0 Å². The van der Waals surface area contributed by atoms with Crippen LogP contribution in [-0.4, -0.2) is 15.0 Å². The summed E-state index contributed by atoms with van der Waals surface area (Å²) in [5.41, 5.74) is 3.15. The maximum Gasteiger partial charge on any atom is 0.181 e. The Morgan fingerprint density at radius 3 is 2.80 bits per heavy atom. The fraction of sp³-hybridized carbons (Fsp3) is 0. The van der Waals surface area contributed by atoms with Gasteiger partial charge in [0.05, 0.1) is 0 Å². The van der Waals surface area contributed by atoms with Crippen molar-refractivity contribution in [1.82, 2.24) is 15.0 Å². The lowest BCUT2D eigenvalue weighted by Crippen LogP contribution is -2.09. The second-order valence-electron chi connectivity index (χ2n) is 2.74. The first-order valence-corrected chi connectivity index (χ1v) is 5.01. The zero-order valence-corrected chi connectivity index (χ0v) is 9.27. The molecule has 76 valence electrons. The first-order valence-electron chi connectivity index (χ1n) is 4.22. The zero-order valence-electron chi connectivity index (χ0n) is 7.68. The van der Waals surface area contributed by atoms with Crippen LogP contribution in [0.3, 0.4) is 0 Å². The molecule has 0 amide bonds. The van der Waals surface area contributed by atoms with E-state index in [0.717, 1.165) is 4.47 Å². The normalized spacial score (nSPS) is 10.0. The number of nitrogens with zero attached hydrogens (tertiary/aromatic N) is 3. The summed E-state index contributed by atoms with van der Waals surface area (Å²) in [6.07, 6.45) is 3.31. The molecule has 0 unspecified atom stereocenters. The van der Waals surface area contributed by atoms with E-state index in [0.29, 0.717) is 17.3 Å². The topological polar surface area (TPSA) is 76.7 Å². The van der Waals surface area contributed by atoms with Crippen LogP contribution < -0.4 is 11.3 Å². The van der Waals surface area contributed by atoms with Gasteiger partial charge in [0.2, 0.25) is 0 Å². The number of rotatable bonds is 2. The van der Waals surface area contributed by atoms with Crippen LogP contribution in [-0.2, 0) is 0 Å². The molecule has 2 heterocycles. The van der Waals surface area contributed by atoms with Gasteiger partial charge in [-0.3, -0.25) is 4.98 Å². The third-order valence-corrected chi connectivity index (χ3v) is 2.41. The molecule has 6 heteroatoms. The standard InChI is InChI=1S/C9H8BrN5/c10-6-2-1-4-12-8(6)9-13-5-3-7(14-9)15-11/h1-5H,11H2,(H,13,14,15). The maximum atomic E-state index is 5.26. The van der Waals surface area contributed by atoms with Crippen molar-refractivity contribution in [3.05, 3.63) is 35.1 Å². The molecule has 0 spiro atoms. The second-order valence-corrected chi connectivity index (χ2v) is 3.60. The summed E-state index contributed by atoms with van der Waals surface area (Å²) in [5.74, 6) is 6.34. The Bertz CT molecular complexity index is 474. The molecule has 0 aromatic carbocycles. The molecule has 0 aliphatic rings. The third kappa shape index (κ3) is 2.11. The van der Waals surface area contributed by atoms with E-state index in [4.69, 9.17) is 5.84 Å². The number of nitrogens with one attached hydrogen (secondary N) is 1. The highest BCUT2D eigenvalue weighted by atomic mass is 79.9. The van der Waals surface area contributed by atoms with Crippen molar-refractivity contribution in [3.63, 3.8) is 0 Å². The summed E-state index contributed by atoms with van der Waals surface area (Å²) in [7, 11) is 0. The van der Waals surface area contributed by atoms with Gasteiger partial charge >= 0.3 is 0 Å². The number of anilines is 1. The number of nitrogens with two attached hydrogens (primary N) is 1. The van der Waals surface area contributed by atoms with Crippen molar-refractivity contribution in [1.29, 1.82) is 0 Å². The molecule has 0 saturated carbocycles. The minimum atomic E-state index is 0.526. The molecule has 2 aromatic heterocycles. The van der Waals surface area contributed by atoms with Crippen molar-refractivity contribution in [2.24, 2.45) is 5.84 Å². The largest absolute Gasteiger partial charge is 0.308 e. The summed E-state index contributed by atoms with van der Waals surface area (Å²) >= 11 is 3.39. The molecule has 0 saturated heterocycles. The van der Waals surface area contributed by atoms with Gasteiger partial charge in [-0.15, -0.1) is 0 Å². The molecule has 5 nitrogen and oxygen atoms in total. The Morgan fingerprint density at radius 1 is 1.20 bits per heavy atom. The van der Waals surface area contributed by atoms with Crippen molar-refractivity contribution in [3.8, 4) is 11.5 Å². The lowest BCUT2D eigenvalue weighted by molar-refractivity contribution is 1.11. The molecule has 0 fully saturated rings. The van der Waals surface area contributed by atoms with E-state index in [1.807, 2.05) is 12.1 Å². The molecular formula is C9H8BrN5. The number of nitrogen functional groups attached to an aromatic ring is 1. The zero-order chi connectivity index (χ0) is 10.7. The maximum absolute atomic E-state index is 5.26. The lowest BCUT2D eigenvalue weighted by Gasteiger charge is -2.03. The Morgan fingerprint density at radius 2 is 2.07 bits per heavy atom. The number of halogens is 1. The Kier molecular flexibility index (Phi) is 2.89. The van der Waals surface area contributed by atoms with E-state index < -0.39 is 0 Å². The van der Waals surface area contributed by atoms with E-state index in [2.05, 4.69) is 36.3 Å². The Balaban J connectivity index is 2.49. The van der Waals surface area contributed by atoms with E-state index in [1.165, 1.54) is 0 Å². The molecule has 0 atom stereocenters. The predicted octanol–water partition coefficient (Wildman–Crippen LogP) is 1.59. The highest BCUT2D eigenvalue weighted by Crippen LogP contribution is 2.22. The summed E-state index contributed by atoms with van der Waals surface area (Å²) in [6.45, 7) is 0. The van der Waals surface area contributed by atoms with Crippen molar-refractivity contribution < 1.29 is 0 Å². The Hall–Kier alpha value is -1.53. The van der Waals surface area contributed by atoms with E-state index in [1.54, 1.807) is 18.5 Å². The minimum absolute atomic E-state index is 0.526. The lowest BCUT2D eigenvalue weighted by atomic mass is 10.3. The van der Waals surface area contributed by atoms with Gasteiger partial charge in [-0.2, -0.15) is 0 Å². The summed E-state index contributed by atoms with van der Waals surface area (Å²) in [6, 6.07) is 5.40. The second kappa shape index (κ2) is 4.33. The number of hydrazine groups is 1. The van der Waals surface area contributed by atoms with Crippen LogP contribution in [0.4, 0.5) is 5.82 Å². The molecule has 3 N–H and O–H groups in total. The predicted molar refractivity (Wildman–Crippen MR) is 60.8 cm³/mol. The molecule has 2 rings (SSSR count). The Labute approximate surface area is 94.9 Å². The average molecular weight is 266 g/mol. The van der Waals surface area contributed by atoms with E-state index >= 15 is 0 Å². The monoisotopic (exact) mass is 265 g/mol. The quantitative estimate of drug-likeness (QED) is 0.637. The molecule has 0 radical (unpaired) electrons. The van der Waals surface area contributed by atoms with Crippen molar-refractivity contribution in [2.45, 2.75) is 0 Å². The van der Waals surface area contributed by atoms with Crippen LogP contribution in [0.1, 0.15) is 0 Å². The van der Waals surface area contributed by atoms with Crippen molar-refractivity contribution >= 4 is 21.7 Å². The molecule has 0 bridgehead atoms. The smallest absolute Gasteiger partial charge is 0.181 e. The van der Waals surface area contributed by atoms with Gasteiger partial charge in [0.15, 0.2) is 5.82 Å². The summed E-state index contributed by atoms with van der Waals surface area (Å²) < 4.78 is 0.846. The van der Waals surface area contributed by atoms with Crippen LogP contribution in [0.25, 0.3) is 11.5 Å². The highest BCUT2D eigenvalue weighted by Gasteiger charge is 2.06. The van der Waals surface area contributed by atoms with Crippen LogP contribution in [0.5, 0.6) is 0 Å². The summed E-state index contributed by atoms with van der Waals surface area (Å²) in [5, 5.41) is 0. The first-order chi connectivity index (χ1) is 7.31. The average Bonchev–Trinajstić information content (AvgIpc) is 2.30.